The zero-order chi connectivity index (χ0) is 21.1. The zero-order valence-corrected chi connectivity index (χ0v) is 16.9. The summed E-state index contributed by atoms with van der Waals surface area (Å²) < 4.78 is 15.1. The van der Waals surface area contributed by atoms with Gasteiger partial charge < -0.3 is 5.32 Å². The highest BCUT2D eigenvalue weighted by Gasteiger charge is 2.13. The Labute approximate surface area is 175 Å². The highest BCUT2D eigenvalue weighted by molar-refractivity contribution is 7.15. The lowest BCUT2D eigenvalue weighted by Gasteiger charge is -2.05. The number of benzene rings is 2. The molecule has 0 bridgehead atoms. The molecule has 4 aromatic rings. The standard InChI is InChI=1S/C21H18FN5O2S/c1-13-18(12-14-6-2-4-8-16(14)22)30-21(23-13)24-19(28)10-11-27-20(29)15-7-3-5-9-17(15)25-26-27/h2-9H,10-12H2,1H3,(H,23,24,28). The molecule has 2 heterocycles. The molecular formula is C21H18FN5O2S. The monoisotopic (exact) mass is 423 g/mol. The molecule has 4 rings (SSSR count). The molecule has 9 heteroatoms. The van der Waals surface area contributed by atoms with Crippen molar-refractivity contribution in [1.29, 1.82) is 0 Å². The van der Waals surface area contributed by atoms with Crippen molar-refractivity contribution in [2.24, 2.45) is 0 Å². The molecule has 0 saturated heterocycles. The van der Waals surface area contributed by atoms with Crippen LogP contribution in [0, 0.1) is 12.7 Å². The molecule has 0 aliphatic carbocycles. The molecule has 1 N–H and O–H groups in total. The fourth-order valence-electron chi connectivity index (χ4n) is 3.02. The number of thiazole rings is 1. The van der Waals surface area contributed by atoms with Gasteiger partial charge in [-0.3, -0.25) is 9.59 Å². The number of nitrogens with one attached hydrogen (secondary N) is 1. The van der Waals surface area contributed by atoms with Crippen LogP contribution in [0.25, 0.3) is 10.9 Å². The summed E-state index contributed by atoms with van der Waals surface area (Å²) in [6, 6.07) is 13.5. The molecule has 2 aromatic heterocycles. The summed E-state index contributed by atoms with van der Waals surface area (Å²) in [6.07, 6.45) is 0.461. The molecule has 0 unspecified atom stereocenters. The predicted molar refractivity (Wildman–Crippen MR) is 113 cm³/mol. The maximum absolute atomic E-state index is 13.9. The first kappa shape index (κ1) is 19.8. The largest absolute Gasteiger partial charge is 0.302 e. The molecule has 0 fully saturated rings. The van der Waals surface area contributed by atoms with Crippen LogP contribution in [0.5, 0.6) is 0 Å². The van der Waals surface area contributed by atoms with Crippen LogP contribution in [-0.4, -0.2) is 25.9 Å². The first-order valence-corrected chi connectivity index (χ1v) is 10.1. The first-order valence-electron chi connectivity index (χ1n) is 9.33. The van der Waals surface area contributed by atoms with Gasteiger partial charge in [0.05, 0.1) is 17.6 Å². The number of halogens is 1. The second-order valence-electron chi connectivity index (χ2n) is 6.73. The molecule has 30 heavy (non-hydrogen) atoms. The molecule has 1 amide bonds. The number of rotatable bonds is 6. The van der Waals surface area contributed by atoms with Gasteiger partial charge in [0.15, 0.2) is 5.13 Å². The van der Waals surface area contributed by atoms with Gasteiger partial charge in [-0.05, 0) is 30.7 Å². The summed E-state index contributed by atoms with van der Waals surface area (Å²) in [5, 5.41) is 11.5. The molecule has 7 nitrogen and oxygen atoms in total. The molecule has 0 radical (unpaired) electrons. The van der Waals surface area contributed by atoms with Gasteiger partial charge in [0.25, 0.3) is 5.56 Å². The molecule has 152 valence electrons. The Bertz CT molecular complexity index is 1280. The molecule has 0 spiro atoms. The minimum atomic E-state index is -0.289. The normalized spacial score (nSPS) is 11.0. The zero-order valence-electron chi connectivity index (χ0n) is 16.1. The van der Waals surface area contributed by atoms with Crippen molar-refractivity contribution in [2.75, 3.05) is 5.32 Å². The SMILES string of the molecule is Cc1nc(NC(=O)CCn2nnc3ccccc3c2=O)sc1Cc1ccccc1F. The van der Waals surface area contributed by atoms with Crippen LogP contribution in [0.1, 0.15) is 22.6 Å². The maximum atomic E-state index is 13.9. The minimum absolute atomic E-state index is 0.0498. The topological polar surface area (TPSA) is 89.8 Å². The van der Waals surface area contributed by atoms with Crippen LogP contribution in [0.15, 0.2) is 53.3 Å². The highest BCUT2D eigenvalue weighted by atomic mass is 32.1. The highest BCUT2D eigenvalue weighted by Crippen LogP contribution is 2.26. The Kier molecular flexibility index (Phi) is 5.62. The van der Waals surface area contributed by atoms with E-state index in [1.54, 1.807) is 42.5 Å². The van der Waals surface area contributed by atoms with E-state index in [-0.39, 0.29) is 30.2 Å². The number of hydrogen-bond donors (Lipinski definition) is 1. The maximum Gasteiger partial charge on any atom is 0.277 e. The lowest BCUT2D eigenvalue weighted by Crippen LogP contribution is -2.26. The average Bonchev–Trinajstić information content (AvgIpc) is 3.08. The Hall–Kier alpha value is -3.46. The Balaban J connectivity index is 1.41. The van der Waals surface area contributed by atoms with Crippen molar-refractivity contribution >= 4 is 33.3 Å². The average molecular weight is 423 g/mol. The number of amides is 1. The first-order chi connectivity index (χ1) is 14.5. The van der Waals surface area contributed by atoms with E-state index < -0.39 is 0 Å². The molecule has 0 saturated carbocycles. The number of carbonyl (C=O) groups is 1. The van der Waals surface area contributed by atoms with Crippen molar-refractivity contribution in [1.82, 2.24) is 20.0 Å². The molecule has 0 atom stereocenters. The van der Waals surface area contributed by atoms with E-state index in [9.17, 15) is 14.0 Å². The lowest BCUT2D eigenvalue weighted by atomic mass is 10.1. The number of nitrogens with zero attached hydrogens (tertiary/aromatic N) is 4. The summed E-state index contributed by atoms with van der Waals surface area (Å²) in [4.78, 5) is 30.0. The third kappa shape index (κ3) is 4.25. The number of carbonyl (C=O) groups excluding carboxylic acids is 1. The van der Waals surface area contributed by atoms with E-state index in [2.05, 4.69) is 20.6 Å². The number of fused-ring (bicyclic) bond motifs is 1. The second-order valence-corrected chi connectivity index (χ2v) is 7.81. The lowest BCUT2D eigenvalue weighted by molar-refractivity contribution is -0.116. The summed E-state index contributed by atoms with van der Waals surface area (Å²) >= 11 is 1.31. The van der Waals surface area contributed by atoms with Crippen molar-refractivity contribution in [3.8, 4) is 0 Å². The summed E-state index contributed by atoms with van der Waals surface area (Å²) in [6.45, 7) is 1.93. The number of aryl methyl sites for hydroxylation is 2. The van der Waals surface area contributed by atoms with Crippen molar-refractivity contribution in [3.63, 3.8) is 0 Å². The van der Waals surface area contributed by atoms with Gasteiger partial charge in [0.1, 0.15) is 11.3 Å². The molecule has 2 aromatic carbocycles. The second kappa shape index (κ2) is 8.50. The molecular weight excluding hydrogens is 405 g/mol. The number of anilines is 1. The van der Waals surface area contributed by atoms with E-state index >= 15 is 0 Å². The van der Waals surface area contributed by atoms with Crippen LogP contribution >= 0.6 is 11.3 Å². The summed E-state index contributed by atoms with van der Waals surface area (Å²) in [5.41, 5.74) is 1.56. The molecule has 0 aliphatic heterocycles. The van der Waals surface area contributed by atoms with Gasteiger partial charge in [-0.2, -0.15) is 0 Å². The smallest absolute Gasteiger partial charge is 0.277 e. The molecule has 0 aliphatic rings. The van der Waals surface area contributed by atoms with E-state index in [1.807, 2.05) is 6.92 Å². The summed E-state index contributed by atoms with van der Waals surface area (Å²) in [5.74, 6) is -0.555. The van der Waals surface area contributed by atoms with Crippen LogP contribution < -0.4 is 10.9 Å². The fraction of sp³-hybridized carbons (Fsp3) is 0.190. The fourth-order valence-corrected chi connectivity index (χ4v) is 4.02. The van der Waals surface area contributed by atoms with Gasteiger partial charge in [-0.25, -0.2) is 14.1 Å². The van der Waals surface area contributed by atoms with E-state index in [4.69, 9.17) is 0 Å². The third-order valence-corrected chi connectivity index (χ3v) is 5.70. The third-order valence-electron chi connectivity index (χ3n) is 4.63. The summed E-state index contributed by atoms with van der Waals surface area (Å²) in [7, 11) is 0. The van der Waals surface area contributed by atoms with Gasteiger partial charge in [-0.1, -0.05) is 35.5 Å². The van der Waals surface area contributed by atoms with Gasteiger partial charge in [0, 0.05) is 17.7 Å². The Morgan fingerprint density at radius 1 is 1.17 bits per heavy atom. The Morgan fingerprint density at radius 3 is 2.77 bits per heavy atom. The Morgan fingerprint density at radius 2 is 1.93 bits per heavy atom. The number of aromatic nitrogens is 4. The predicted octanol–water partition coefficient (Wildman–Crippen LogP) is 3.32. The quantitative estimate of drug-likeness (QED) is 0.514. The van der Waals surface area contributed by atoms with E-state index in [0.29, 0.717) is 28.0 Å². The van der Waals surface area contributed by atoms with Crippen LogP contribution in [0.4, 0.5) is 9.52 Å². The number of hydrogen-bond acceptors (Lipinski definition) is 6. The van der Waals surface area contributed by atoms with Crippen molar-refractivity contribution in [3.05, 3.63) is 80.8 Å². The van der Waals surface area contributed by atoms with E-state index in [0.717, 1.165) is 10.6 Å². The van der Waals surface area contributed by atoms with Gasteiger partial charge >= 0.3 is 0 Å². The minimum Gasteiger partial charge on any atom is -0.302 e. The van der Waals surface area contributed by atoms with Crippen LogP contribution in [0.3, 0.4) is 0 Å². The van der Waals surface area contributed by atoms with Crippen molar-refractivity contribution < 1.29 is 9.18 Å². The van der Waals surface area contributed by atoms with Crippen LogP contribution in [-0.2, 0) is 17.8 Å². The van der Waals surface area contributed by atoms with E-state index in [1.165, 1.54) is 22.1 Å². The van der Waals surface area contributed by atoms with Gasteiger partial charge in [-0.15, -0.1) is 16.4 Å². The van der Waals surface area contributed by atoms with Crippen molar-refractivity contribution in [2.45, 2.75) is 26.3 Å². The van der Waals surface area contributed by atoms with Gasteiger partial charge in [0.2, 0.25) is 5.91 Å². The van der Waals surface area contributed by atoms with Crippen LogP contribution in [0.2, 0.25) is 0 Å².